The molecule has 6 nitrogen and oxygen atoms in total. The zero-order valence-corrected chi connectivity index (χ0v) is 10.3. The zero-order chi connectivity index (χ0) is 13.1. The largest absolute Gasteiger partial charge is 0.475 e. The van der Waals surface area contributed by atoms with Gasteiger partial charge in [-0.1, -0.05) is 0 Å². The molecule has 0 saturated heterocycles. The van der Waals surface area contributed by atoms with Gasteiger partial charge in [-0.3, -0.25) is 4.90 Å². The van der Waals surface area contributed by atoms with E-state index in [0.717, 1.165) is 5.82 Å². The van der Waals surface area contributed by atoms with Crippen molar-refractivity contribution in [3.05, 3.63) is 41.9 Å². The number of aromatic carboxylic acids is 1. The molecule has 0 aliphatic heterocycles. The van der Waals surface area contributed by atoms with E-state index in [1.807, 2.05) is 29.8 Å². The minimum Gasteiger partial charge on any atom is -0.475 e. The average Bonchev–Trinajstić information content (AvgIpc) is 2.89. The van der Waals surface area contributed by atoms with Gasteiger partial charge in [-0.25, -0.2) is 9.78 Å². The van der Waals surface area contributed by atoms with Crippen molar-refractivity contribution >= 4 is 5.97 Å². The van der Waals surface area contributed by atoms with Gasteiger partial charge in [0.1, 0.15) is 5.82 Å². The minimum absolute atomic E-state index is 0.00157. The van der Waals surface area contributed by atoms with Gasteiger partial charge >= 0.3 is 5.97 Å². The molecule has 96 valence electrons. The molecule has 18 heavy (non-hydrogen) atoms. The van der Waals surface area contributed by atoms with E-state index < -0.39 is 5.97 Å². The topological polar surface area (TPSA) is 71.5 Å². The number of hydrogen-bond donors (Lipinski definition) is 1. The van der Waals surface area contributed by atoms with Crippen LogP contribution in [-0.2, 0) is 20.1 Å². The average molecular weight is 249 g/mol. The van der Waals surface area contributed by atoms with Crippen LogP contribution in [0.1, 0.15) is 21.9 Å². The molecule has 2 heterocycles. The minimum atomic E-state index is -1.04. The van der Waals surface area contributed by atoms with Crippen LogP contribution in [0.25, 0.3) is 0 Å². The molecule has 0 aromatic carbocycles. The van der Waals surface area contributed by atoms with Crippen molar-refractivity contribution in [1.29, 1.82) is 0 Å². The molecule has 0 amide bonds. The van der Waals surface area contributed by atoms with Gasteiger partial charge in [0, 0.05) is 31.5 Å². The third-order valence-electron chi connectivity index (χ3n) is 2.71. The summed E-state index contributed by atoms with van der Waals surface area (Å²) in [5, 5.41) is 8.94. The predicted molar refractivity (Wildman–Crippen MR) is 64.0 cm³/mol. The third kappa shape index (κ3) is 2.60. The molecular formula is C12H15N3O3. The van der Waals surface area contributed by atoms with E-state index in [1.54, 1.807) is 12.3 Å². The highest BCUT2D eigenvalue weighted by molar-refractivity contribution is 5.86. The van der Waals surface area contributed by atoms with Crippen LogP contribution in [0.15, 0.2) is 29.1 Å². The summed E-state index contributed by atoms with van der Waals surface area (Å²) in [7, 11) is 3.84. The molecule has 2 aromatic rings. The van der Waals surface area contributed by atoms with Gasteiger partial charge in [-0.2, -0.15) is 0 Å². The molecule has 1 N–H and O–H groups in total. The molecule has 0 unspecified atom stereocenters. The van der Waals surface area contributed by atoms with Crippen molar-refractivity contribution in [3.8, 4) is 0 Å². The van der Waals surface area contributed by atoms with Crippen LogP contribution in [0.3, 0.4) is 0 Å². The second-order valence-electron chi connectivity index (χ2n) is 4.21. The molecule has 0 fully saturated rings. The summed E-state index contributed by atoms with van der Waals surface area (Å²) >= 11 is 0. The Kier molecular flexibility index (Phi) is 3.47. The van der Waals surface area contributed by atoms with Gasteiger partial charge < -0.3 is 14.1 Å². The summed E-state index contributed by atoms with van der Waals surface area (Å²) in [6.45, 7) is 1.15. The number of aromatic nitrogens is 2. The summed E-state index contributed by atoms with van der Waals surface area (Å²) < 4.78 is 6.87. The number of nitrogens with zero attached hydrogens (tertiary/aromatic N) is 3. The number of furan rings is 1. The second-order valence-corrected chi connectivity index (χ2v) is 4.21. The maximum Gasteiger partial charge on any atom is 0.372 e. The van der Waals surface area contributed by atoms with Gasteiger partial charge in [0.25, 0.3) is 0 Å². The Morgan fingerprint density at radius 2 is 2.33 bits per heavy atom. The summed E-state index contributed by atoms with van der Waals surface area (Å²) in [5.41, 5.74) is 0.666. The molecular weight excluding hydrogens is 234 g/mol. The molecule has 0 spiro atoms. The van der Waals surface area contributed by atoms with E-state index in [9.17, 15) is 4.79 Å². The molecule has 0 atom stereocenters. The summed E-state index contributed by atoms with van der Waals surface area (Å²) in [6, 6.07) is 1.68. The Morgan fingerprint density at radius 1 is 1.56 bits per heavy atom. The first-order valence-electron chi connectivity index (χ1n) is 5.52. The number of carbonyl (C=O) groups is 1. The molecule has 0 aliphatic rings. The first-order chi connectivity index (χ1) is 8.58. The molecule has 0 aliphatic carbocycles. The van der Waals surface area contributed by atoms with Gasteiger partial charge in [0.15, 0.2) is 0 Å². The fourth-order valence-corrected chi connectivity index (χ4v) is 1.78. The number of carboxylic acids is 1. The van der Waals surface area contributed by atoms with Crippen LogP contribution in [0.2, 0.25) is 0 Å². The highest BCUT2D eigenvalue weighted by Crippen LogP contribution is 2.13. The fraction of sp³-hybridized carbons (Fsp3) is 0.333. The number of hydrogen-bond acceptors (Lipinski definition) is 4. The van der Waals surface area contributed by atoms with Gasteiger partial charge in [-0.05, 0) is 13.1 Å². The lowest BCUT2D eigenvalue weighted by Gasteiger charge is -2.15. The van der Waals surface area contributed by atoms with Crippen molar-refractivity contribution in [2.24, 2.45) is 7.05 Å². The van der Waals surface area contributed by atoms with E-state index in [2.05, 4.69) is 4.98 Å². The molecule has 6 heteroatoms. The van der Waals surface area contributed by atoms with E-state index in [0.29, 0.717) is 18.7 Å². The zero-order valence-electron chi connectivity index (χ0n) is 10.3. The highest BCUT2D eigenvalue weighted by atomic mass is 16.4. The molecule has 2 aromatic heterocycles. The Bertz CT molecular complexity index is 544. The lowest BCUT2D eigenvalue weighted by molar-refractivity contribution is 0.0659. The van der Waals surface area contributed by atoms with Gasteiger partial charge in [0.2, 0.25) is 5.76 Å². The van der Waals surface area contributed by atoms with Gasteiger partial charge in [0.05, 0.1) is 12.8 Å². The monoisotopic (exact) mass is 249 g/mol. The van der Waals surface area contributed by atoms with Crippen molar-refractivity contribution < 1.29 is 14.3 Å². The number of aryl methyl sites for hydroxylation is 1. The highest BCUT2D eigenvalue weighted by Gasteiger charge is 2.15. The van der Waals surface area contributed by atoms with Crippen LogP contribution in [0.4, 0.5) is 0 Å². The Balaban J connectivity index is 2.03. The van der Waals surface area contributed by atoms with Crippen molar-refractivity contribution in [2.75, 3.05) is 7.05 Å². The first-order valence-corrected chi connectivity index (χ1v) is 5.52. The standard InChI is InChI=1S/C12H15N3O3/c1-14(8-10-13-4-5-15(10)2)7-9-3-6-18-11(9)12(16)17/h3-6H,7-8H2,1-2H3,(H,16,17). The lowest BCUT2D eigenvalue weighted by atomic mass is 10.2. The van der Waals surface area contributed by atoms with Crippen LogP contribution in [-0.4, -0.2) is 32.6 Å². The molecule has 2 rings (SSSR count). The number of carboxylic acid groups (broad SMARTS) is 1. The predicted octanol–water partition coefficient (Wildman–Crippen LogP) is 1.34. The molecule has 0 saturated carbocycles. The quantitative estimate of drug-likeness (QED) is 0.865. The Hall–Kier alpha value is -2.08. The smallest absolute Gasteiger partial charge is 0.372 e. The van der Waals surface area contributed by atoms with E-state index >= 15 is 0 Å². The van der Waals surface area contributed by atoms with Crippen LogP contribution in [0, 0.1) is 0 Å². The fourth-order valence-electron chi connectivity index (χ4n) is 1.78. The number of rotatable bonds is 5. The van der Waals surface area contributed by atoms with Crippen molar-refractivity contribution in [3.63, 3.8) is 0 Å². The lowest BCUT2D eigenvalue weighted by Crippen LogP contribution is -2.20. The maximum atomic E-state index is 10.9. The molecule has 0 radical (unpaired) electrons. The Labute approximate surface area is 104 Å². The SMILES string of the molecule is CN(Cc1ccoc1C(=O)O)Cc1nccn1C. The number of imidazole rings is 1. The van der Waals surface area contributed by atoms with Crippen molar-refractivity contribution in [2.45, 2.75) is 13.1 Å². The third-order valence-corrected chi connectivity index (χ3v) is 2.71. The summed E-state index contributed by atoms with van der Waals surface area (Å²) in [4.78, 5) is 17.1. The second kappa shape index (κ2) is 5.05. The normalized spacial score (nSPS) is 11.1. The summed E-state index contributed by atoms with van der Waals surface area (Å²) in [5.74, 6) is -0.111. The van der Waals surface area contributed by atoms with Crippen LogP contribution < -0.4 is 0 Å². The van der Waals surface area contributed by atoms with E-state index in [1.165, 1.54) is 6.26 Å². The first kappa shape index (κ1) is 12.4. The van der Waals surface area contributed by atoms with Crippen LogP contribution in [0.5, 0.6) is 0 Å². The molecule has 0 bridgehead atoms. The van der Waals surface area contributed by atoms with Crippen molar-refractivity contribution in [1.82, 2.24) is 14.5 Å². The van der Waals surface area contributed by atoms with E-state index in [4.69, 9.17) is 9.52 Å². The van der Waals surface area contributed by atoms with Crippen LogP contribution >= 0.6 is 0 Å². The maximum absolute atomic E-state index is 10.9. The van der Waals surface area contributed by atoms with E-state index in [-0.39, 0.29) is 5.76 Å². The summed E-state index contributed by atoms with van der Waals surface area (Å²) in [6.07, 6.45) is 5.01. The van der Waals surface area contributed by atoms with Gasteiger partial charge in [-0.15, -0.1) is 0 Å². The Morgan fingerprint density at radius 3 is 2.94 bits per heavy atom.